The Hall–Kier alpha value is -1.67. The molecule has 9 unspecified atom stereocenters. The molecule has 9 atom stereocenters. The summed E-state index contributed by atoms with van der Waals surface area (Å²) in [6, 6.07) is -1.19. The van der Waals surface area contributed by atoms with Gasteiger partial charge < -0.3 is 50.5 Å². The number of rotatable bonds is 52. The van der Waals surface area contributed by atoms with Crippen molar-refractivity contribution in [2.24, 2.45) is 0 Å². The second-order valence-corrected chi connectivity index (χ2v) is 21.4. The van der Waals surface area contributed by atoms with E-state index in [1.165, 1.54) is 193 Å². The molecule has 11 heteroatoms. The molecule has 1 fully saturated rings. The summed E-state index contributed by atoms with van der Waals surface area (Å²) in [6.07, 6.45) is 50.7. The first-order valence-electron chi connectivity index (χ1n) is 30.4. The van der Waals surface area contributed by atoms with Crippen molar-refractivity contribution in [3.8, 4) is 0 Å². The first-order valence-corrected chi connectivity index (χ1v) is 30.4. The van der Waals surface area contributed by atoms with E-state index in [0.29, 0.717) is 19.3 Å². The van der Waals surface area contributed by atoms with Gasteiger partial charge in [0, 0.05) is 0 Å². The lowest BCUT2D eigenvalue weighted by Crippen LogP contribution is -2.60. The van der Waals surface area contributed by atoms with Crippen LogP contribution in [0.25, 0.3) is 0 Å². The number of allylic oxidation sites excluding steroid dienone is 6. The SMILES string of the molecule is CCCCCCCCC/C=C/CC/C=C/CCCC(O)C(O)C(COC1OC(CO)C(O)C(O)C1O)NC(=O)C(O)CCCCCCCCCCCCCCC/C=C\CCCCCCCCCCCCCC. The fourth-order valence-corrected chi connectivity index (χ4v) is 9.69. The molecule has 424 valence electrons. The topological polar surface area (TPSA) is 189 Å². The van der Waals surface area contributed by atoms with Gasteiger partial charge in [-0.3, -0.25) is 4.79 Å². The molecule has 0 saturated carbocycles. The zero-order valence-electron chi connectivity index (χ0n) is 46.4. The van der Waals surface area contributed by atoms with Gasteiger partial charge >= 0.3 is 0 Å². The Morgan fingerprint density at radius 2 is 0.833 bits per heavy atom. The molecule has 11 nitrogen and oxygen atoms in total. The monoisotopic (exact) mass is 1020 g/mol. The Morgan fingerprint density at radius 3 is 1.24 bits per heavy atom. The number of carbonyl (C=O) groups is 1. The standard InChI is InChI=1S/C61H115NO10/c1-3-5-7-9-11-13-15-17-19-21-22-23-24-25-26-27-28-29-30-31-32-33-35-37-39-41-43-45-47-49-54(65)60(70)62-52(51-71-61-59(69)58(68)57(67)55(50-63)72-61)56(66)53(64)48-46-44-42-40-38-36-34-20-18-16-14-12-10-8-6-4-2/h20,25-26,34,40,42,52-59,61,63-69H,3-19,21-24,27-33,35-39,41,43-51H2,1-2H3,(H,62,70)/b26-25-,34-20+,42-40+. The lowest BCUT2D eigenvalue weighted by Gasteiger charge is -2.40. The maximum absolute atomic E-state index is 13.2. The smallest absolute Gasteiger partial charge is 0.249 e. The molecule has 1 rings (SSSR count). The van der Waals surface area contributed by atoms with Crippen molar-refractivity contribution in [1.29, 1.82) is 0 Å². The predicted molar refractivity (Wildman–Crippen MR) is 298 cm³/mol. The Balaban J connectivity index is 2.26. The van der Waals surface area contributed by atoms with Gasteiger partial charge in [-0.05, 0) is 77.0 Å². The maximum atomic E-state index is 13.2. The van der Waals surface area contributed by atoms with Crippen LogP contribution >= 0.6 is 0 Å². The van der Waals surface area contributed by atoms with Crippen LogP contribution < -0.4 is 5.32 Å². The molecule has 8 N–H and O–H groups in total. The first kappa shape index (κ1) is 68.3. The van der Waals surface area contributed by atoms with Crippen LogP contribution in [-0.2, 0) is 14.3 Å². The third-order valence-electron chi connectivity index (χ3n) is 14.6. The van der Waals surface area contributed by atoms with Crippen LogP contribution in [0.1, 0.15) is 277 Å². The normalized spacial score (nSPS) is 20.3. The fraction of sp³-hybridized carbons (Fsp3) is 0.885. The highest BCUT2D eigenvalue weighted by molar-refractivity contribution is 5.80. The summed E-state index contributed by atoms with van der Waals surface area (Å²) in [7, 11) is 0. The number of nitrogens with one attached hydrogen (secondary N) is 1. The van der Waals surface area contributed by atoms with Crippen molar-refractivity contribution < 1.29 is 50.0 Å². The highest BCUT2D eigenvalue weighted by Crippen LogP contribution is 2.23. The molecule has 0 aromatic rings. The van der Waals surface area contributed by atoms with E-state index in [9.17, 15) is 40.5 Å². The highest BCUT2D eigenvalue weighted by atomic mass is 16.7. The molecule has 1 aliphatic heterocycles. The van der Waals surface area contributed by atoms with Crippen LogP contribution in [0.5, 0.6) is 0 Å². The van der Waals surface area contributed by atoms with Gasteiger partial charge in [0.1, 0.15) is 36.6 Å². The number of hydrogen-bond acceptors (Lipinski definition) is 10. The largest absolute Gasteiger partial charge is 0.394 e. The van der Waals surface area contributed by atoms with E-state index in [-0.39, 0.29) is 12.8 Å². The second-order valence-electron chi connectivity index (χ2n) is 21.4. The Labute approximate surface area is 441 Å². The van der Waals surface area contributed by atoms with Crippen molar-refractivity contribution in [2.45, 2.75) is 332 Å². The van der Waals surface area contributed by atoms with Gasteiger partial charge in [0.2, 0.25) is 5.91 Å². The number of ether oxygens (including phenoxy) is 2. The molecular weight excluding hydrogens is 907 g/mol. The van der Waals surface area contributed by atoms with Crippen LogP contribution in [0.3, 0.4) is 0 Å². The molecule has 1 amide bonds. The van der Waals surface area contributed by atoms with Gasteiger partial charge in [0.25, 0.3) is 0 Å². The Morgan fingerprint density at radius 1 is 0.472 bits per heavy atom. The molecular formula is C61H115NO10. The summed E-state index contributed by atoms with van der Waals surface area (Å²) in [5.41, 5.74) is 0. The number of carbonyl (C=O) groups excluding carboxylic acids is 1. The number of hydrogen-bond donors (Lipinski definition) is 8. The van der Waals surface area contributed by atoms with E-state index < -0.39 is 74.2 Å². The lowest BCUT2D eigenvalue weighted by atomic mass is 9.98. The highest BCUT2D eigenvalue weighted by Gasteiger charge is 2.44. The van der Waals surface area contributed by atoms with E-state index in [1.54, 1.807) is 0 Å². The molecule has 0 aromatic carbocycles. The van der Waals surface area contributed by atoms with Crippen molar-refractivity contribution in [1.82, 2.24) is 5.32 Å². The molecule has 1 aliphatic rings. The summed E-state index contributed by atoms with van der Waals surface area (Å²) >= 11 is 0. The van der Waals surface area contributed by atoms with Crippen molar-refractivity contribution >= 4 is 5.91 Å². The molecule has 72 heavy (non-hydrogen) atoms. The summed E-state index contributed by atoms with van der Waals surface area (Å²) in [5, 5.41) is 76.1. The van der Waals surface area contributed by atoms with Crippen LogP contribution in [-0.4, -0.2) is 110 Å². The van der Waals surface area contributed by atoms with E-state index in [1.807, 2.05) is 0 Å². The number of unbranched alkanes of at least 4 members (excludes halogenated alkanes) is 34. The molecule has 0 aromatic heterocycles. The van der Waals surface area contributed by atoms with Gasteiger partial charge in [0.15, 0.2) is 6.29 Å². The zero-order valence-corrected chi connectivity index (χ0v) is 46.4. The summed E-state index contributed by atoms with van der Waals surface area (Å²) < 4.78 is 11.1. The molecule has 1 heterocycles. The fourth-order valence-electron chi connectivity index (χ4n) is 9.69. The molecule has 0 radical (unpaired) electrons. The average Bonchev–Trinajstić information content (AvgIpc) is 3.38. The van der Waals surface area contributed by atoms with Crippen LogP contribution in [0.2, 0.25) is 0 Å². The second kappa shape index (κ2) is 50.2. The minimum Gasteiger partial charge on any atom is -0.394 e. The minimum absolute atomic E-state index is 0.247. The van der Waals surface area contributed by atoms with Crippen LogP contribution in [0.4, 0.5) is 0 Å². The van der Waals surface area contributed by atoms with Crippen LogP contribution in [0.15, 0.2) is 36.5 Å². The van der Waals surface area contributed by atoms with E-state index in [4.69, 9.17) is 9.47 Å². The van der Waals surface area contributed by atoms with Gasteiger partial charge in [0.05, 0.1) is 25.4 Å². The summed E-state index contributed by atoms with van der Waals surface area (Å²) in [5.74, 6) is -0.708. The molecule has 0 aliphatic carbocycles. The van der Waals surface area contributed by atoms with Crippen LogP contribution in [0, 0.1) is 0 Å². The van der Waals surface area contributed by atoms with Gasteiger partial charge in [-0.1, -0.05) is 237 Å². The molecule has 1 saturated heterocycles. The van der Waals surface area contributed by atoms with E-state index in [0.717, 1.165) is 38.5 Å². The van der Waals surface area contributed by atoms with Gasteiger partial charge in [-0.25, -0.2) is 0 Å². The molecule has 0 spiro atoms. The van der Waals surface area contributed by atoms with E-state index in [2.05, 4.69) is 55.6 Å². The lowest BCUT2D eigenvalue weighted by molar-refractivity contribution is -0.303. The quantitative estimate of drug-likeness (QED) is 0.0215. The minimum atomic E-state index is -1.67. The van der Waals surface area contributed by atoms with Crippen molar-refractivity contribution in [2.75, 3.05) is 13.2 Å². The Bertz CT molecular complexity index is 1260. The van der Waals surface area contributed by atoms with Crippen molar-refractivity contribution in [3.05, 3.63) is 36.5 Å². The molecule has 0 bridgehead atoms. The predicted octanol–water partition coefficient (Wildman–Crippen LogP) is 13.1. The van der Waals surface area contributed by atoms with E-state index >= 15 is 0 Å². The van der Waals surface area contributed by atoms with Crippen molar-refractivity contribution in [3.63, 3.8) is 0 Å². The number of amides is 1. The summed E-state index contributed by atoms with van der Waals surface area (Å²) in [4.78, 5) is 13.2. The maximum Gasteiger partial charge on any atom is 0.249 e. The third-order valence-corrected chi connectivity index (χ3v) is 14.6. The summed E-state index contributed by atoms with van der Waals surface area (Å²) in [6.45, 7) is 3.45. The number of aliphatic hydroxyl groups is 7. The average molecular weight is 1020 g/mol. The number of aliphatic hydroxyl groups excluding tert-OH is 7. The zero-order chi connectivity index (χ0) is 52.5. The van der Waals surface area contributed by atoms with Gasteiger partial charge in [-0.15, -0.1) is 0 Å². The van der Waals surface area contributed by atoms with Gasteiger partial charge in [-0.2, -0.15) is 0 Å². The first-order chi connectivity index (χ1) is 35.2. The Kier molecular flexibility index (Phi) is 47.6. The third kappa shape index (κ3) is 38.0.